The van der Waals surface area contributed by atoms with Crippen LogP contribution in [0.2, 0.25) is 0 Å². The Bertz CT molecular complexity index is 241. The van der Waals surface area contributed by atoms with E-state index in [1.54, 1.807) is 0 Å². The van der Waals surface area contributed by atoms with Gasteiger partial charge in [0.25, 0.3) is 11.8 Å². The lowest BCUT2D eigenvalue weighted by Gasteiger charge is -2.08. The van der Waals surface area contributed by atoms with Gasteiger partial charge in [-0.15, -0.1) is 0 Å². The van der Waals surface area contributed by atoms with E-state index < -0.39 is 17.2 Å². The number of carbonyl (C=O) groups excluding carboxylic acids is 3. The largest absolute Gasteiger partial charge is 0.428 e. The van der Waals surface area contributed by atoms with Crippen molar-refractivity contribution in [3.8, 4) is 0 Å². The van der Waals surface area contributed by atoms with E-state index in [-0.39, 0.29) is 5.06 Å². The number of halogens is 1. The Morgan fingerprint density at radius 2 is 1.82 bits per heavy atom. The maximum atomic E-state index is 10.6. The van der Waals surface area contributed by atoms with Crippen molar-refractivity contribution in [3.63, 3.8) is 0 Å². The number of hydrogen-bond donors (Lipinski definition) is 0. The van der Waals surface area contributed by atoms with E-state index in [1.807, 2.05) is 0 Å². The highest BCUT2D eigenvalue weighted by atomic mass is 35.5. The first-order valence-electron chi connectivity index (χ1n) is 2.55. The summed E-state index contributed by atoms with van der Waals surface area (Å²) in [6, 6.07) is 0. The van der Waals surface area contributed by atoms with Gasteiger partial charge in [-0.3, -0.25) is 9.59 Å². The first-order chi connectivity index (χ1) is 5.11. The van der Waals surface area contributed by atoms with Gasteiger partial charge in [-0.2, -0.15) is 0 Å². The summed E-state index contributed by atoms with van der Waals surface area (Å²) in [5.74, 6) is -1.44. The zero-order valence-electron chi connectivity index (χ0n) is 5.11. The Hall–Kier alpha value is -1.36. The molecule has 0 aromatic carbocycles. The molecule has 0 aliphatic carbocycles. The van der Waals surface area contributed by atoms with Gasteiger partial charge in [-0.05, 0) is 0 Å². The van der Waals surface area contributed by atoms with Crippen molar-refractivity contribution >= 4 is 28.8 Å². The van der Waals surface area contributed by atoms with Gasteiger partial charge in [0.15, 0.2) is 0 Å². The van der Waals surface area contributed by atoms with Crippen molar-refractivity contribution < 1.29 is 19.2 Å². The van der Waals surface area contributed by atoms with Crippen LogP contribution in [0.25, 0.3) is 0 Å². The molecule has 0 bridgehead atoms. The molecule has 0 saturated heterocycles. The summed E-state index contributed by atoms with van der Waals surface area (Å²) in [5.41, 5.74) is -1.23. The molecule has 0 unspecified atom stereocenters. The molecule has 0 spiro atoms. The Balaban J connectivity index is 2.66. The number of carbonyl (C=O) groups is 3. The maximum Gasteiger partial charge on any atom is 0.428 e. The lowest BCUT2D eigenvalue weighted by Crippen LogP contribution is -2.30. The van der Waals surface area contributed by atoms with Crippen LogP contribution in [0.1, 0.15) is 0 Å². The molecule has 1 heterocycles. The summed E-state index contributed by atoms with van der Waals surface area (Å²) in [5, 5.41) is 0.273. The van der Waals surface area contributed by atoms with Crippen molar-refractivity contribution in [1.29, 1.82) is 0 Å². The average Bonchev–Trinajstić information content (AvgIpc) is 2.18. The number of nitrogens with zero attached hydrogens (tertiary/aromatic N) is 1. The molecule has 1 aliphatic rings. The molecular formula is C5H2ClNO4. The molecule has 0 saturated carbocycles. The van der Waals surface area contributed by atoms with E-state index in [1.165, 1.54) is 0 Å². The first-order valence-corrected chi connectivity index (χ1v) is 2.92. The molecule has 11 heavy (non-hydrogen) atoms. The number of rotatable bonds is 1. The lowest BCUT2D eigenvalue weighted by atomic mass is 10.6. The molecule has 0 fully saturated rings. The van der Waals surface area contributed by atoms with Crippen LogP contribution in [0, 0.1) is 0 Å². The van der Waals surface area contributed by atoms with Gasteiger partial charge < -0.3 is 4.84 Å². The van der Waals surface area contributed by atoms with E-state index in [0.717, 1.165) is 12.2 Å². The van der Waals surface area contributed by atoms with Gasteiger partial charge >= 0.3 is 5.43 Å². The van der Waals surface area contributed by atoms with Gasteiger partial charge in [0, 0.05) is 23.8 Å². The van der Waals surface area contributed by atoms with Gasteiger partial charge in [-0.25, -0.2) is 4.79 Å². The molecule has 5 nitrogen and oxygen atoms in total. The molecule has 0 radical (unpaired) electrons. The van der Waals surface area contributed by atoms with Crippen molar-refractivity contribution in [2.75, 3.05) is 0 Å². The van der Waals surface area contributed by atoms with Crippen LogP contribution in [0.4, 0.5) is 4.79 Å². The van der Waals surface area contributed by atoms with E-state index in [0.29, 0.717) is 0 Å². The Morgan fingerprint density at radius 3 is 2.18 bits per heavy atom. The monoisotopic (exact) mass is 175 g/mol. The van der Waals surface area contributed by atoms with E-state index in [9.17, 15) is 14.4 Å². The van der Waals surface area contributed by atoms with E-state index in [4.69, 9.17) is 11.6 Å². The average molecular weight is 176 g/mol. The maximum absolute atomic E-state index is 10.6. The summed E-state index contributed by atoms with van der Waals surface area (Å²) < 4.78 is 0. The molecule has 0 atom stereocenters. The highest BCUT2D eigenvalue weighted by Gasteiger charge is 2.27. The van der Waals surface area contributed by atoms with Crippen LogP contribution in [0.15, 0.2) is 12.2 Å². The Morgan fingerprint density at radius 1 is 1.36 bits per heavy atom. The molecule has 6 heteroatoms. The minimum atomic E-state index is -1.23. The number of imide groups is 1. The molecule has 58 valence electrons. The highest BCUT2D eigenvalue weighted by Crippen LogP contribution is 2.05. The summed E-state index contributed by atoms with van der Waals surface area (Å²) in [7, 11) is 0. The number of amides is 2. The van der Waals surface area contributed by atoms with Crippen LogP contribution < -0.4 is 0 Å². The second-order valence-corrected chi connectivity index (χ2v) is 1.94. The molecule has 1 rings (SSSR count). The fourth-order valence-corrected chi connectivity index (χ4v) is 0.617. The van der Waals surface area contributed by atoms with E-state index >= 15 is 0 Å². The minimum Gasteiger partial charge on any atom is -0.314 e. The Labute approximate surface area is 66.1 Å². The van der Waals surface area contributed by atoms with Crippen LogP contribution >= 0.6 is 11.6 Å². The van der Waals surface area contributed by atoms with Crippen molar-refractivity contribution in [1.82, 2.24) is 5.06 Å². The second-order valence-electron chi connectivity index (χ2n) is 1.63. The number of hydrogen-bond acceptors (Lipinski definition) is 4. The van der Waals surface area contributed by atoms with Crippen LogP contribution in [0.5, 0.6) is 0 Å². The summed E-state index contributed by atoms with van der Waals surface area (Å²) in [6.45, 7) is 0. The fourth-order valence-electron chi connectivity index (χ4n) is 0.548. The molecule has 0 aromatic rings. The minimum absolute atomic E-state index is 0.273. The zero-order chi connectivity index (χ0) is 8.43. The van der Waals surface area contributed by atoms with Crippen molar-refractivity contribution in [3.05, 3.63) is 12.2 Å². The SMILES string of the molecule is O=C(Cl)ON1C(=O)C=CC1=O. The van der Waals surface area contributed by atoms with E-state index in [2.05, 4.69) is 4.84 Å². The third kappa shape index (κ3) is 1.56. The van der Waals surface area contributed by atoms with Gasteiger partial charge in [0.2, 0.25) is 0 Å². The van der Waals surface area contributed by atoms with Gasteiger partial charge in [0.1, 0.15) is 0 Å². The van der Waals surface area contributed by atoms with Crippen LogP contribution in [-0.2, 0) is 14.4 Å². The van der Waals surface area contributed by atoms with Crippen LogP contribution in [-0.4, -0.2) is 22.3 Å². The predicted octanol–water partition coefficient (Wildman–Crippen LogP) is 0.202. The first kappa shape index (κ1) is 7.74. The summed E-state index contributed by atoms with van der Waals surface area (Å²) in [6.07, 6.45) is 1.95. The highest BCUT2D eigenvalue weighted by molar-refractivity contribution is 6.61. The topological polar surface area (TPSA) is 63.7 Å². The fraction of sp³-hybridized carbons (Fsp3) is 0. The molecule has 1 aliphatic heterocycles. The lowest BCUT2D eigenvalue weighted by molar-refractivity contribution is -0.167. The van der Waals surface area contributed by atoms with Crippen LogP contribution in [0.3, 0.4) is 0 Å². The quantitative estimate of drug-likeness (QED) is 0.422. The third-order valence-electron chi connectivity index (χ3n) is 0.932. The van der Waals surface area contributed by atoms with Crippen molar-refractivity contribution in [2.45, 2.75) is 0 Å². The molecule has 2 amide bonds. The standard InChI is InChI=1S/C5H2ClNO4/c6-5(10)11-7-3(8)1-2-4(7)9/h1-2H. The predicted molar refractivity (Wildman–Crippen MR) is 33.3 cm³/mol. The Kier molecular flexibility index (Phi) is 1.91. The summed E-state index contributed by atoms with van der Waals surface area (Å²) >= 11 is 4.75. The number of hydroxylamine groups is 2. The summed E-state index contributed by atoms with van der Waals surface area (Å²) in [4.78, 5) is 35.3. The van der Waals surface area contributed by atoms with Gasteiger partial charge in [0.05, 0.1) is 0 Å². The van der Waals surface area contributed by atoms with Crippen molar-refractivity contribution in [2.24, 2.45) is 0 Å². The smallest absolute Gasteiger partial charge is 0.314 e. The third-order valence-corrected chi connectivity index (χ3v) is 1.00. The second kappa shape index (κ2) is 2.71. The molecule has 0 N–H and O–H groups in total. The molecular weight excluding hydrogens is 174 g/mol. The zero-order valence-corrected chi connectivity index (χ0v) is 5.87. The normalized spacial score (nSPS) is 15.9. The van der Waals surface area contributed by atoms with Gasteiger partial charge in [-0.1, -0.05) is 5.06 Å². The molecule has 0 aromatic heterocycles.